The molecule has 3 aliphatic carbocycles. The van der Waals surface area contributed by atoms with E-state index in [9.17, 15) is 0 Å². The highest BCUT2D eigenvalue weighted by molar-refractivity contribution is 6.42. The Hall–Kier alpha value is -1.24. The maximum atomic E-state index is 6.48. The summed E-state index contributed by atoms with van der Waals surface area (Å²) in [4.78, 5) is 0. The summed E-state index contributed by atoms with van der Waals surface area (Å²) in [6.07, 6.45) is 6.49. The van der Waals surface area contributed by atoms with Gasteiger partial charge in [0, 0.05) is 5.41 Å². The Labute approximate surface area is 159 Å². The number of fused-ring (bicyclic) bond motifs is 8. The van der Waals surface area contributed by atoms with Gasteiger partial charge in [0.1, 0.15) is 0 Å². The molecule has 0 radical (unpaired) electrons. The highest BCUT2D eigenvalue weighted by Crippen LogP contribution is 2.61. The van der Waals surface area contributed by atoms with Gasteiger partial charge in [-0.2, -0.15) is 0 Å². The normalized spacial score (nSPS) is 32.3. The lowest BCUT2D eigenvalue weighted by Crippen LogP contribution is -2.42. The summed E-state index contributed by atoms with van der Waals surface area (Å²) in [7, 11) is 0. The second-order valence-corrected chi connectivity index (χ2v) is 9.14. The van der Waals surface area contributed by atoms with Crippen molar-refractivity contribution in [3.05, 3.63) is 69.2 Å². The lowest BCUT2D eigenvalue weighted by molar-refractivity contribution is 0.168. The van der Waals surface area contributed by atoms with E-state index in [0.29, 0.717) is 16.0 Å². The first-order chi connectivity index (χ1) is 12.0. The lowest BCUT2D eigenvalue weighted by Gasteiger charge is -2.49. The molecule has 4 atom stereocenters. The van der Waals surface area contributed by atoms with Crippen LogP contribution in [0, 0.1) is 17.8 Å². The van der Waals surface area contributed by atoms with Crippen LogP contribution in [-0.2, 0) is 5.41 Å². The second-order valence-electron chi connectivity index (χ2n) is 8.32. The van der Waals surface area contributed by atoms with Crippen LogP contribution < -0.4 is 0 Å². The highest BCUT2D eigenvalue weighted by atomic mass is 35.5. The van der Waals surface area contributed by atoms with Crippen LogP contribution in [0.15, 0.2) is 48.0 Å². The molecule has 128 valence electrons. The first-order valence-electron chi connectivity index (χ1n) is 9.29. The van der Waals surface area contributed by atoms with E-state index < -0.39 is 0 Å². The standard InChI is InChI=1S/C23H22Cl2/c1-13-7-15-9-16(8-13)23(12-14(15)2)19-6-4-3-5-17(19)18-10-21(24)22(25)11-20(18)23/h3-6,10-13,15-16H,7-9H2,1-2H3. The first kappa shape index (κ1) is 16.0. The molecule has 0 nitrogen and oxygen atoms in total. The van der Waals surface area contributed by atoms with Gasteiger partial charge in [0.2, 0.25) is 0 Å². The SMILES string of the molecule is CC1=CC2(c3ccccc3-c3cc(Cl)c(Cl)cc32)C2CC(C)CC1C2. The van der Waals surface area contributed by atoms with Gasteiger partial charge in [-0.25, -0.2) is 0 Å². The summed E-state index contributed by atoms with van der Waals surface area (Å²) in [5, 5.41) is 1.32. The van der Waals surface area contributed by atoms with Gasteiger partial charge in [-0.3, -0.25) is 0 Å². The third-order valence-corrected chi connectivity index (χ3v) is 7.58. The maximum Gasteiger partial charge on any atom is 0.0598 e. The predicted octanol–water partition coefficient (Wildman–Crippen LogP) is 7.27. The molecule has 0 aliphatic heterocycles. The predicted molar refractivity (Wildman–Crippen MR) is 106 cm³/mol. The van der Waals surface area contributed by atoms with E-state index in [1.54, 1.807) is 5.57 Å². The van der Waals surface area contributed by atoms with Crippen molar-refractivity contribution in [3.8, 4) is 11.1 Å². The van der Waals surface area contributed by atoms with Crippen LogP contribution in [0.2, 0.25) is 10.0 Å². The van der Waals surface area contributed by atoms with Crippen molar-refractivity contribution in [2.24, 2.45) is 17.8 Å². The minimum atomic E-state index is -0.0323. The number of halogens is 2. The van der Waals surface area contributed by atoms with E-state index in [-0.39, 0.29) is 5.41 Å². The van der Waals surface area contributed by atoms with Crippen LogP contribution >= 0.6 is 23.2 Å². The molecule has 1 saturated carbocycles. The third-order valence-electron chi connectivity index (χ3n) is 6.86. The molecule has 0 saturated heterocycles. The van der Waals surface area contributed by atoms with Crippen molar-refractivity contribution in [2.45, 2.75) is 38.5 Å². The van der Waals surface area contributed by atoms with E-state index in [2.05, 4.69) is 56.3 Å². The van der Waals surface area contributed by atoms with Crippen LogP contribution in [0.25, 0.3) is 11.1 Å². The molecule has 2 heteroatoms. The summed E-state index contributed by atoms with van der Waals surface area (Å²) >= 11 is 12.9. The Kier molecular flexibility index (Phi) is 3.44. The van der Waals surface area contributed by atoms with Crippen LogP contribution in [0.5, 0.6) is 0 Å². The summed E-state index contributed by atoms with van der Waals surface area (Å²) in [5.74, 6) is 2.17. The molecule has 0 N–H and O–H groups in total. The molecule has 3 aliphatic rings. The van der Waals surface area contributed by atoms with E-state index in [1.165, 1.54) is 41.5 Å². The van der Waals surface area contributed by atoms with Crippen LogP contribution in [-0.4, -0.2) is 0 Å². The monoisotopic (exact) mass is 368 g/mol. The number of rotatable bonds is 0. The quantitative estimate of drug-likeness (QED) is 0.428. The Morgan fingerprint density at radius 1 is 0.920 bits per heavy atom. The molecular weight excluding hydrogens is 347 g/mol. The van der Waals surface area contributed by atoms with E-state index >= 15 is 0 Å². The molecule has 2 bridgehead atoms. The molecule has 0 heterocycles. The van der Waals surface area contributed by atoms with Gasteiger partial charge >= 0.3 is 0 Å². The fraction of sp³-hybridized carbons (Fsp3) is 0.391. The van der Waals surface area contributed by atoms with Crippen LogP contribution in [0.3, 0.4) is 0 Å². The number of allylic oxidation sites excluding steroid dienone is 2. The van der Waals surface area contributed by atoms with Gasteiger partial charge in [0.15, 0.2) is 0 Å². The Balaban J connectivity index is 1.86. The number of hydrogen-bond donors (Lipinski definition) is 0. The van der Waals surface area contributed by atoms with Crippen molar-refractivity contribution in [2.75, 3.05) is 0 Å². The average molecular weight is 369 g/mol. The summed E-state index contributed by atoms with van der Waals surface area (Å²) in [6.45, 7) is 4.75. The van der Waals surface area contributed by atoms with Gasteiger partial charge in [0.05, 0.1) is 10.0 Å². The molecule has 1 spiro atoms. The summed E-state index contributed by atoms with van der Waals surface area (Å²) in [6, 6.07) is 13.1. The van der Waals surface area contributed by atoms with Crippen molar-refractivity contribution in [1.29, 1.82) is 0 Å². The highest BCUT2D eigenvalue weighted by Gasteiger charge is 2.52. The first-order valence-corrected chi connectivity index (χ1v) is 10.0. The van der Waals surface area contributed by atoms with Gasteiger partial charge in [-0.1, -0.05) is 66.0 Å². The van der Waals surface area contributed by atoms with Crippen molar-refractivity contribution >= 4 is 23.2 Å². The van der Waals surface area contributed by atoms with Crippen molar-refractivity contribution < 1.29 is 0 Å². The fourth-order valence-corrected chi connectivity index (χ4v) is 6.20. The smallest absolute Gasteiger partial charge is 0.0598 e. The summed E-state index contributed by atoms with van der Waals surface area (Å²) in [5.41, 5.74) is 6.93. The topological polar surface area (TPSA) is 0 Å². The largest absolute Gasteiger partial charge is 0.0827 e. The van der Waals surface area contributed by atoms with E-state index in [1.807, 2.05) is 0 Å². The second kappa shape index (κ2) is 5.38. The molecule has 2 aromatic rings. The molecule has 5 rings (SSSR count). The molecule has 0 aromatic heterocycles. The molecule has 0 amide bonds. The molecule has 1 fully saturated rings. The lowest BCUT2D eigenvalue weighted by atomic mass is 9.55. The molecule has 25 heavy (non-hydrogen) atoms. The molecule has 2 aromatic carbocycles. The molecule has 4 unspecified atom stereocenters. The fourth-order valence-electron chi connectivity index (χ4n) is 5.87. The van der Waals surface area contributed by atoms with Gasteiger partial charge in [-0.15, -0.1) is 0 Å². The van der Waals surface area contributed by atoms with E-state index in [0.717, 1.165) is 11.8 Å². The number of hydrogen-bond acceptors (Lipinski definition) is 0. The van der Waals surface area contributed by atoms with Crippen LogP contribution in [0.4, 0.5) is 0 Å². The zero-order valence-electron chi connectivity index (χ0n) is 14.7. The molecular formula is C23H22Cl2. The average Bonchev–Trinajstić information content (AvgIpc) is 2.85. The minimum absolute atomic E-state index is 0.0323. The van der Waals surface area contributed by atoms with Crippen molar-refractivity contribution in [1.82, 2.24) is 0 Å². The summed E-state index contributed by atoms with van der Waals surface area (Å²) < 4.78 is 0. The Bertz CT molecular complexity index is 910. The minimum Gasteiger partial charge on any atom is -0.0827 e. The third kappa shape index (κ3) is 2.07. The number of benzene rings is 2. The zero-order valence-corrected chi connectivity index (χ0v) is 16.2. The van der Waals surface area contributed by atoms with Gasteiger partial charge < -0.3 is 0 Å². The van der Waals surface area contributed by atoms with Gasteiger partial charge in [0.25, 0.3) is 0 Å². The zero-order chi connectivity index (χ0) is 17.3. The van der Waals surface area contributed by atoms with E-state index in [4.69, 9.17) is 23.2 Å². The maximum absolute atomic E-state index is 6.48. The Morgan fingerprint density at radius 2 is 1.68 bits per heavy atom. The van der Waals surface area contributed by atoms with Crippen molar-refractivity contribution in [3.63, 3.8) is 0 Å². The Morgan fingerprint density at radius 3 is 2.52 bits per heavy atom. The van der Waals surface area contributed by atoms with Crippen LogP contribution in [0.1, 0.15) is 44.2 Å². The van der Waals surface area contributed by atoms with Gasteiger partial charge in [-0.05, 0) is 78.3 Å².